The molecule has 0 aromatic carbocycles. The highest BCUT2D eigenvalue weighted by Gasteiger charge is 2.34. The first-order valence-corrected chi connectivity index (χ1v) is 8.80. The largest absolute Gasteiger partial charge is 0.313 e. The Morgan fingerprint density at radius 3 is 2.58 bits per heavy atom. The molecule has 2 aliphatic rings. The highest BCUT2D eigenvalue weighted by atomic mass is 32.2. The number of hydrogen-bond acceptors (Lipinski definition) is 4. The summed E-state index contributed by atoms with van der Waals surface area (Å²) in [6.07, 6.45) is 4.44. The first-order valence-electron chi connectivity index (χ1n) is 7.30. The molecule has 1 saturated carbocycles. The number of rotatable bonds is 6. The minimum Gasteiger partial charge on any atom is -0.313 e. The van der Waals surface area contributed by atoms with Crippen molar-refractivity contribution in [2.75, 3.05) is 33.7 Å². The van der Waals surface area contributed by atoms with E-state index in [9.17, 15) is 8.42 Å². The standard InChI is InChI=1S/C13H27N3O2S/c1-11(9-14-12-6-7-12)19(17,18)16-8-4-5-13(10-16)15(2)3/h11-14H,4-10H2,1-3H3. The van der Waals surface area contributed by atoms with Gasteiger partial charge in [0.25, 0.3) is 0 Å². The maximum atomic E-state index is 12.6. The molecule has 1 saturated heterocycles. The Morgan fingerprint density at radius 2 is 2.00 bits per heavy atom. The van der Waals surface area contributed by atoms with Gasteiger partial charge in [-0.25, -0.2) is 12.7 Å². The Hall–Kier alpha value is -0.170. The van der Waals surface area contributed by atoms with Gasteiger partial charge in [0, 0.05) is 31.7 Å². The van der Waals surface area contributed by atoms with Crippen molar-refractivity contribution < 1.29 is 8.42 Å². The molecule has 6 heteroatoms. The lowest BCUT2D eigenvalue weighted by molar-refractivity contribution is 0.189. The number of piperidine rings is 1. The van der Waals surface area contributed by atoms with Crippen LogP contribution in [-0.4, -0.2) is 68.7 Å². The molecule has 2 rings (SSSR count). The van der Waals surface area contributed by atoms with Gasteiger partial charge in [0.1, 0.15) is 0 Å². The van der Waals surface area contributed by atoms with E-state index < -0.39 is 10.0 Å². The van der Waals surface area contributed by atoms with E-state index in [1.807, 2.05) is 21.0 Å². The summed E-state index contributed by atoms with van der Waals surface area (Å²) >= 11 is 0. The first kappa shape index (κ1) is 15.2. The number of sulfonamides is 1. The van der Waals surface area contributed by atoms with Gasteiger partial charge in [-0.15, -0.1) is 0 Å². The lowest BCUT2D eigenvalue weighted by atomic mass is 10.1. The molecule has 0 amide bonds. The van der Waals surface area contributed by atoms with Crippen LogP contribution in [0.15, 0.2) is 0 Å². The van der Waals surface area contributed by atoms with Crippen LogP contribution in [-0.2, 0) is 10.0 Å². The molecule has 1 N–H and O–H groups in total. The van der Waals surface area contributed by atoms with E-state index in [-0.39, 0.29) is 5.25 Å². The Kier molecular flexibility index (Phi) is 4.87. The van der Waals surface area contributed by atoms with Gasteiger partial charge in [0.2, 0.25) is 10.0 Å². The Balaban J connectivity index is 1.92. The molecular formula is C13H27N3O2S. The van der Waals surface area contributed by atoms with Crippen molar-refractivity contribution >= 4 is 10.0 Å². The van der Waals surface area contributed by atoms with E-state index in [2.05, 4.69) is 10.2 Å². The summed E-state index contributed by atoms with van der Waals surface area (Å²) in [4.78, 5) is 2.13. The molecule has 0 aromatic heterocycles. The summed E-state index contributed by atoms with van der Waals surface area (Å²) in [7, 11) is 0.901. The molecule has 19 heavy (non-hydrogen) atoms. The second-order valence-electron chi connectivity index (χ2n) is 6.16. The third kappa shape index (κ3) is 3.90. The van der Waals surface area contributed by atoms with Gasteiger partial charge in [-0.05, 0) is 46.7 Å². The summed E-state index contributed by atoms with van der Waals surface area (Å²) in [5, 5.41) is 2.99. The Labute approximate surface area is 117 Å². The summed E-state index contributed by atoms with van der Waals surface area (Å²) in [6, 6.07) is 0.917. The van der Waals surface area contributed by atoms with Crippen molar-refractivity contribution in [2.24, 2.45) is 0 Å². The molecule has 0 aromatic rings. The molecule has 1 aliphatic carbocycles. The van der Waals surface area contributed by atoms with Crippen LogP contribution >= 0.6 is 0 Å². The van der Waals surface area contributed by atoms with E-state index in [1.165, 1.54) is 12.8 Å². The predicted octanol–water partition coefficient (Wildman–Crippen LogP) is 0.483. The topological polar surface area (TPSA) is 52.7 Å². The summed E-state index contributed by atoms with van der Waals surface area (Å²) < 4.78 is 26.8. The molecule has 5 nitrogen and oxygen atoms in total. The third-order valence-electron chi connectivity index (χ3n) is 4.23. The first-order chi connectivity index (χ1) is 8.91. The highest BCUT2D eigenvalue weighted by molar-refractivity contribution is 7.89. The second-order valence-corrected chi connectivity index (χ2v) is 8.51. The van der Waals surface area contributed by atoms with Crippen molar-refractivity contribution in [3.8, 4) is 0 Å². The van der Waals surface area contributed by atoms with Crippen LogP contribution in [0.1, 0.15) is 32.6 Å². The van der Waals surface area contributed by atoms with Gasteiger partial charge in [-0.2, -0.15) is 0 Å². The lowest BCUT2D eigenvalue weighted by Crippen LogP contribution is -2.51. The normalized spacial score (nSPS) is 27.7. The maximum Gasteiger partial charge on any atom is 0.218 e. The summed E-state index contributed by atoms with van der Waals surface area (Å²) in [6.45, 7) is 3.73. The zero-order valence-corrected chi connectivity index (χ0v) is 13.1. The number of nitrogens with one attached hydrogen (secondary N) is 1. The highest BCUT2D eigenvalue weighted by Crippen LogP contribution is 2.21. The van der Waals surface area contributed by atoms with E-state index in [4.69, 9.17) is 0 Å². The molecule has 1 heterocycles. The van der Waals surface area contributed by atoms with Crippen molar-refractivity contribution in [1.82, 2.24) is 14.5 Å². The van der Waals surface area contributed by atoms with Crippen LogP contribution in [0.4, 0.5) is 0 Å². The lowest BCUT2D eigenvalue weighted by Gasteiger charge is -2.36. The van der Waals surface area contributed by atoms with Crippen LogP contribution in [0.3, 0.4) is 0 Å². The fourth-order valence-corrected chi connectivity index (χ4v) is 4.13. The van der Waals surface area contributed by atoms with Crippen molar-refractivity contribution in [2.45, 2.75) is 49.9 Å². The molecular weight excluding hydrogens is 262 g/mol. The molecule has 2 unspecified atom stereocenters. The van der Waals surface area contributed by atoms with Crippen LogP contribution in [0, 0.1) is 0 Å². The quantitative estimate of drug-likeness (QED) is 0.773. The van der Waals surface area contributed by atoms with Crippen LogP contribution in [0.2, 0.25) is 0 Å². The van der Waals surface area contributed by atoms with Crippen molar-refractivity contribution in [3.63, 3.8) is 0 Å². The molecule has 112 valence electrons. The average Bonchev–Trinajstić information content (AvgIpc) is 3.20. The second kappa shape index (κ2) is 6.08. The van der Waals surface area contributed by atoms with E-state index in [0.717, 1.165) is 12.8 Å². The summed E-state index contributed by atoms with van der Waals surface area (Å²) in [5.41, 5.74) is 0. The van der Waals surface area contributed by atoms with Gasteiger partial charge < -0.3 is 10.2 Å². The van der Waals surface area contributed by atoms with Gasteiger partial charge in [-0.3, -0.25) is 0 Å². The molecule has 1 aliphatic heterocycles. The Morgan fingerprint density at radius 1 is 1.32 bits per heavy atom. The van der Waals surface area contributed by atoms with Gasteiger partial charge in [0.05, 0.1) is 5.25 Å². The van der Waals surface area contributed by atoms with E-state index in [1.54, 1.807) is 4.31 Å². The maximum absolute atomic E-state index is 12.6. The van der Waals surface area contributed by atoms with E-state index >= 15 is 0 Å². The minimum absolute atomic E-state index is 0.325. The fraction of sp³-hybridized carbons (Fsp3) is 1.00. The van der Waals surface area contributed by atoms with Gasteiger partial charge in [0.15, 0.2) is 0 Å². The average molecular weight is 289 g/mol. The minimum atomic E-state index is -3.15. The molecule has 2 fully saturated rings. The monoisotopic (exact) mass is 289 g/mol. The molecule has 0 radical (unpaired) electrons. The number of nitrogens with zero attached hydrogens (tertiary/aromatic N) is 2. The van der Waals surface area contributed by atoms with Gasteiger partial charge in [-0.1, -0.05) is 0 Å². The zero-order valence-electron chi connectivity index (χ0n) is 12.3. The summed E-state index contributed by atoms with van der Waals surface area (Å²) in [5.74, 6) is 0. The predicted molar refractivity (Wildman–Crippen MR) is 77.7 cm³/mol. The van der Waals surface area contributed by atoms with Crippen molar-refractivity contribution in [3.05, 3.63) is 0 Å². The third-order valence-corrected chi connectivity index (χ3v) is 6.46. The zero-order chi connectivity index (χ0) is 14.0. The van der Waals surface area contributed by atoms with Crippen LogP contribution in [0.5, 0.6) is 0 Å². The Bertz CT molecular complexity index is 393. The smallest absolute Gasteiger partial charge is 0.218 e. The van der Waals surface area contributed by atoms with E-state index in [0.29, 0.717) is 31.7 Å². The molecule has 0 bridgehead atoms. The SMILES string of the molecule is CC(CNC1CC1)S(=O)(=O)N1CCCC(N(C)C)C1. The molecule has 0 spiro atoms. The number of likely N-dealkylation sites (N-methyl/N-ethyl adjacent to an activating group) is 1. The van der Waals surface area contributed by atoms with Gasteiger partial charge >= 0.3 is 0 Å². The fourth-order valence-electron chi connectivity index (χ4n) is 2.55. The number of hydrogen-bond donors (Lipinski definition) is 1. The molecule has 2 atom stereocenters. The van der Waals surface area contributed by atoms with Crippen molar-refractivity contribution in [1.29, 1.82) is 0 Å². The van der Waals surface area contributed by atoms with Crippen LogP contribution in [0.25, 0.3) is 0 Å². The van der Waals surface area contributed by atoms with Crippen LogP contribution < -0.4 is 5.32 Å².